The van der Waals surface area contributed by atoms with Gasteiger partial charge in [0, 0.05) is 5.60 Å². The number of hydrogen-bond acceptors (Lipinski definition) is 2. The van der Waals surface area contributed by atoms with Gasteiger partial charge in [0.05, 0.1) is 7.11 Å². The fraction of sp³-hybridized carbons (Fsp3) is 1.00. The van der Waals surface area contributed by atoms with Crippen molar-refractivity contribution >= 4 is 22.7 Å². The summed E-state index contributed by atoms with van der Waals surface area (Å²) in [5.41, 5.74) is 0.0990. The van der Waals surface area contributed by atoms with Crippen LogP contribution in [0.25, 0.3) is 0 Å². The quantitative estimate of drug-likeness (QED) is 0.736. The van der Waals surface area contributed by atoms with Gasteiger partial charge in [-0.2, -0.15) is 0 Å². The summed E-state index contributed by atoms with van der Waals surface area (Å²) in [4.78, 5) is 0. The van der Waals surface area contributed by atoms with Crippen molar-refractivity contribution in [2.45, 2.75) is 72.1 Å². The average molecular weight is 304 g/mol. The number of rotatable bonds is 3. The summed E-state index contributed by atoms with van der Waals surface area (Å²) in [6, 6.07) is 1.32. The molecule has 5 heteroatoms. The van der Waals surface area contributed by atoms with Gasteiger partial charge in [-0.25, -0.2) is 0 Å². The molecule has 2 nitrogen and oxygen atoms in total. The van der Waals surface area contributed by atoms with E-state index in [4.69, 9.17) is 4.43 Å². The first-order valence-corrected chi connectivity index (χ1v) is 17.9. The van der Waals surface area contributed by atoms with Crippen molar-refractivity contribution < 1.29 is 4.43 Å². The minimum atomic E-state index is -1.53. The van der Waals surface area contributed by atoms with Crippen molar-refractivity contribution in [2.24, 2.45) is 0 Å². The zero-order valence-corrected chi connectivity index (χ0v) is 17.0. The van der Waals surface area contributed by atoms with E-state index in [0.29, 0.717) is 0 Å². The Morgan fingerprint density at radius 2 is 1.44 bits per heavy atom. The van der Waals surface area contributed by atoms with Crippen molar-refractivity contribution in [3.8, 4) is 0 Å². The molecule has 1 heterocycles. The van der Waals surface area contributed by atoms with Gasteiger partial charge in [-0.15, -0.1) is 0 Å². The van der Waals surface area contributed by atoms with E-state index in [1.54, 1.807) is 0 Å². The maximum atomic E-state index is 6.62. The molecule has 1 aliphatic heterocycles. The third kappa shape index (κ3) is 2.44. The summed E-state index contributed by atoms with van der Waals surface area (Å²) < 4.78 is 9.47. The van der Waals surface area contributed by atoms with Gasteiger partial charge in [0.15, 0.2) is 7.83 Å². The maximum Gasteiger partial charge on any atom is 0.173 e. The van der Waals surface area contributed by atoms with E-state index < -0.39 is 22.7 Å². The van der Waals surface area contributed by atoms with Crippen molar-refractivity contribution in [1.82, 2.24) is 4.57 Å². The van der Waals surface area contributed by atoms with Crippen molar-refractivity contribution in [2.75, 3.05) is 13.1 Å². The molecule has 0 saturated carbocycles. The fourth-order valence-electron chi connectivity index (χ4n) is 3.98. The first-order chi connectivity index (χ1) is 7.93. The second kappa shape index (κ2) is 4.84. The monoisotopic (exact) mass is 303 g/mol. The van der Waals surface area contributed by atoms with Crippen LogP contribution in [0.2, 0.25) is 38.8 Å². The second-order valence-corrected chi connectivity index (χ2v) is 33.5. The van der Waals surface area contributed by atoms with E-state index >= 15 is 0 Å². The van der Waals surface area contributed by atoms with Crippen LogP contribution >= 0.6 is 0 Å². The normalized spacial score (nSPS) is 33.7. The highest BCUT2D eigenvalue weighted by atomic mass is 29.6. The topological polar surface area (TPSA) is 12.5 Å². The van der Waals surface area contributed by atoms with Gasteiger partial charge in [-0.1, -0.05) is 33.5 Å². The maximum absolute atomic E-state index is 6.62. The van der Waals surface area contributed by atoms with Gasteiger partial charge < -0.3 is 8.99 Å². The molecular weight excluding hydrogens is 270 g/mol. The first kappa shape index (κ1) is 16.6. The summed E-state index contributed by atoms with van der Waals surface area (Å²) in [7, 11) is -4.16. The lowest BCUT2D eigenvalue weighted by Gasteiger charge is -2.61. The van der Waals surface area contributed by atoms with Crippen LogP contribution in [0.1, 0.15) is 27.7 Å². The summed E-state index contributed by atoms with van der Waals surface area (Å²) in [6.07, 6.45) is 0. The van der Waals surface area contributed by atoms with Crippen molar-refractivity contribution in [1.29, 1.82) is 0 Å². The summed E-state index contributed by atoms with van der Waals surface area (Å²) in [5, 5.41) is 0. The Morgan fingerprint density at radius 3 is 1.83 bits per heavy atom. The predicted molar refractivity (Wildman–Crippen MR) is 89.5 cm³/mol. The minimum absolute atomic E-state index is 0.0990. The van der Waals surface area contributed by atoms with Crippen LogP contribution in [0.3, 0.4) is 0 Å². The van der Waals surface area contributed by atoms with Crippen LogP contribution in [-0.4, -0.2) is 46.0 Å². The van der Waals surface area contributed by atoms with Crippen LogP contribution in [0.4, 0.5) is 0 Å². The van der Waals surface area contributed by atoms with E-state index in [1.165, 1.54) is 19.1 Å². The Balaban J connectivity index is 3.29. The van der Waals surface area contributed by atoms with E-state index in [9.17, 15) is 0 Å². The highest BCUT2D eigenvalue weighted by Gasteiger charge is 2.64. The number of nitrogens with zero attached hydrogens (tertiary/aromatic N) is 1. The van der Waals surface area contributed by atoms with Gasteiger partial charge >= 0.3 is 0 Å². The molecule has 0 aliphatic carbocycles. The SMILES string of the molecule is CCN(CC)[Si]1(C)CC(C)(C)O[Si](C)(C)[Si]1(C)C. The van der Waals surface area contributed by atoms with Gasteiger partial charge in [0.1, 0.15) is 7.75 Å². The van der Waals surface area contributed by atoms with E-state index in [0.717, 1.165) is 0 Å². The van der Waals surface area contributed by atoms with Crippen LogP contribution in [0, 0.1) is 0 Å². The predicted octanol–water partition coefficient (Wildman–Crippen LogP) is 3.78. The molecule has 0 radical (unpaired) electrons. The van der Waals surface area contributed by atoms with Crippen LogP contribution in [0.5, 0.6) is 0 Å². The fourth-order valence-corrected chi connectivity index (χ4v) is 37.5. The van der Waals surface area contributed by atoms with Crippen LogP contribution in [0.15, 0.2) is 0 Å². The molecule has 0 aromatic carbocycles. The lowest BCUT2D eigenvalue weighted by atomic mass is 10.2. The third-order valence-corrected chi connectivity index (χ3v) is 45.1. The molecule has 108 valence electrons. The molecule has 18 heavy (non-hydrogen) atoms. The van der Waals surface area contributed by atoms with Crippen molar-refractivity contribution in [3.63, 3.8) is 0 Å². The van der Waals surface area contributed by atoms with Gasteiger partial charge in [-0.05, 0) is 46.1 Å². The molecule has 1 aliphatic rings. The highest BCUT2D eigenvalue weighted by molar-refractivity contribution is 7.67. The Labute approximate surface area is 117 Å². The molecule has 1 rings (SSSR count). The number of hydrogen-bond donors (Lipinski definition) is 0. The molecule has 0 bridgehead atoms. The molecule has 0 aromatic rings. The standard InChI is InChI=1S/C13H33NOSi3/c1-10-14(11-2)18(9)12-13(3,4)15-16(5,6)17(18,7)8/h10-12H2,1-9H3. The zero-order chi connectivity index (χ0) is 14.4. The summed E-state index contributed by atoms with van der Waals surface area (Å²) in [6.45, 7) is 24.6. The summed E-state index contributed by atoms with van der Waals surface area (Å²) in [5.74, 6) is 0. The molecule has 0 aromatic heterocycles. The second-order valence-electron chi connectivity index (χ2n) is 7.62. The molecule has 0 spiro atoms. The van der Waals surface area contributed by atoms with Gasteiger partial charge in [0.2, 0.25) is 0 Å². The Morgan fingerprint density at radius 1 is 1.00 bits per heavy atom. The smallest absolute Gasteiger partial charge is 0.173 e. The first-order valence-electron chi connectivity index (χ1n) is 7.39. The van der Waals surface area contributed by atoms with E-state index in [1.807, 2.05) is 0 Å². The van der Waals surface area contributed by atoms with E-state index in [2.05, 4.69) is 65.0 Å². The van der Waals surface area contributed by atoms with Crippen LogP contribution < -0.4 is 0 Å². The minimum Gasteiger partial charge on any atom is -0.416 e. The largest absolute Gasteiger partial charge is 0.416 e. The lowest BCUT2D eigenvalue weighted by molar-refractivity contribution is 0.119. The van der Waals surface area contributed by atoms with Gasteiger partial charge in [-0.3, -0.25) is 0 Å². The van der Waals surface area contributed by atoms with E-state index in [-0.39, 0.29) is 5.60 Å². The Kier molecular flexibility index (Phi) is 4.47. The third-order valence-electron chi connectivity index (χ3n) is 5.61. The lowest BCUT2D eigenvalue weighted by Crippen LogP contribution is -2.83. The molecule has 1 fully saturated rings. The average Bonchev–Trinajstić information content (AvgIpc) is 2.14. The molecular formula is C13H33NOSi3. The molecule has 1 atom stereocenters. The van der Waals surface area contributed by atoms with Crippen molar-refractivity contribution in [3.05, 3.63) is 0 Å². The molecule has 0 N–H and O–H groups in total. The molecule has 1 saturated heterocycles. The Hall–Kier alpha value is 0.571. The molecule has 1 unspecified atom stereocenters. The Bertz CT molecular complexity index is 313. The highest BCUT2D eigenvalue weighted by Crippen LogP contribution is 2.45. The molecule has 0 amide bonds. The zero-order valence-electron chi connectivity index (χ0n) is 14.0. The van der Waals surface area contributed by atoms with Crippen LogP contribution in [-0.2, 0) is 4.43 Å². The van der Waals surface area contributed by atoms with Gasteiger partial charge in [0.25, 0.3) is 0 Å². The summed E-state index contributed by atoms with van der Waals surface area (Å²) >= 11 is 0.